The fraction of sp³-hybridized carbons (Fsp3) is 0.800. The molecule has 0 saturated heterocycles. The van der Waals surface area contributed by atoms with Gasteiger partial charge in [0.05, 0.1) is 5.33 Å². The average Bonchev–Trinajstić information content (AvgIpc) is 2.48. The van der Waals surface area contributed by atoms with Crippen molar-refractivity contribution in [3.8, 4) is 0 Å². The summed E-state index contributed by atoms with van der Waals surface area (Å²) in [4.78, 5) is 0. The van der Waals surface area contributed by atoms with Gasteiger partial charge in [0.2, 0.25) is 0 Å². The molecule has 0 unspecified atom stereocenters. The zero-order valence-electron chi connectivity index (χ0n) is 9.13. The van der Waals surface area contributed by atoms with E-state index in [0.29, 0.717) is 5.92 Å². The van der Waals surface area contributed by atoms with Crippen molar-refractivity contribution in [1.82, 2.24) is 14.8 Å². The van der Waals surface area contributed by atoms with Crippen LogP contribution in [0.5, 0.6) is 0 Å². The van der Waals surface area contributed by atoms with Gasteiger partial charge < -0.3 is 4.57 Å². The lowest BCUT2D eigenvalue weighted by molar-refractivity contribution is 0.496. The van der Waals surface area contributed by atoms with Crippen molar-refractivity contribution < 1.29 is 0 Å². The number of halogens is 1. The van der Waals surface area contributed by atoms with E-state index in [2.05, 4.69) is 51.5 Å². The Bertz CT molecular complexity index is 281. The zero-order chi connectivity index (χ0) is 10.6. The SMILES string of the molecule is CCCc1nnc(CBr)n1CC(C)C. The van der Waals surface area contributed by atoms with Crippen LogP contribution in [0.25, 0.3) is 0 Å². The Hall–Kier alpha value is -0.380. The molecule has 0 aliphatic rings. The molecule has 0 radical (unpaired) electrons. The van der Waals surface area contributed by atoms with Crippen LogP contribution in [0.4, 0.5) is 0 Å². The highest BCUT2D eigenvalue weighted by Crippen LogP contribution is 2.11. The highest BCUT2D eigenvalue weighted by Gasteiger charge is 2.10. The van der Waals surface area contributed by atoms with Gasteiger partial charge >= 0.3 is 0 Å². The third kappa shape index (κ3) is 2.80. The van der Waals surface area contributed by atoms with E-state index in [1.54, 1.807) is 0 Å². The fourth-order valence-corrected chi connectivity index (χ4v) is 1.87. The van der Waals surface area contributed by atoms with Crippen LogP contribution in [-0.4, -0.2) is 14.8 Å². The van der Waals surface area contributed by atoms with Gasteiger partial charge in [-0.2, -0.15) is 0 Å². The predicted molar refractivity (Wildman–Crippen MR) is 61.5 cm³/mol. The van der Waals surface area contributed by atoms with Gasteiger partial charge in [-0.1, -0.05) is 36.7 Å². The van der Waals surface area contributed by atoms with Crippen LogP contribution in [0.15, 0.2) is 0 Å². The number of hydrogen-bond acceptors (Lipinski definition) is 2. The van der Waals surface area contributed by atoms with Gasteiger partial charge in [0.15, 0.2) is 0 Å². The second kappa shape index (κ2) is 5.49. The van der Waals surface area contributed by atoms with Crippen LogP contribution < -0.4 is 0 Å². The van der Waals surface area contributed by atoms with Crippen LogP contribution in [0.2, 0.25) is 0 Å². The minimum atomic E-state index is 0.638. The van der Waals surface area contributed by atoms with Crippen molar-refractivity contribution in [3.63, 3.8) is 0 Å². The second-order valence-electron chi connectivity index (χ2n) is 3.92. The first-order valence-corrected chi connectivity index (χ1v) is 6.28. The van der Waals surface area contributed by atoms with Gasteiger partial charge in [0.1, 0.15) is 11.6 Å². The summed E-state index contributed by atoms with van der Waals surface area (Å²) < 4.78 is 2.24. The summed E-state index contributed by atoms with van der Waals surface area (Å²) in [5.74, 6) is 2.80. The fourth-order valence-electron chi connectivity index (χ4n) is 1.46. The van der Waals surface area contributed by atoms with Crippen LogP contribution in [0.1, 0.15) is 38.8 Å². The van der Waals surface area contributed by atoms with Gasteiger partial charge in [-0.25, -0.2) is 0 Å². The second-order valence-corrected chi connectivity index (χ2v) is 4.48. The Morgan fingerprint density at radius 1 is 1.29 bits per heavy atom. The van der Waals surface area contributed by atoms with Crippen molar-refractivity contribution >= 4 is 15.9 Å². The molecule has 0 aliphatic carbocycles. The first kappa shape index (κ1) is 11.7. The molecule has 3 nitrogen and oxygen atoms in total. The van der Waals surface area contributed by atoms with Crippen LogP contribution >= 0.6 is 15.9 Å². The summed E-state index contributed by atoms with van der Waals surface area (Å²) in [7, 11) is 0. The smallest absolute Gasteiger partial charge is 0.143 e. The summed E-state index contributed by atoms with van der Waals surface area (Å²) in [6, 6.07) is 0. The van der Waals surface area contributed by atoms with Gasteiger partial charge in [-0.15, -0.1) is 10.2 Å². The maximum absolute atomic E-state index is 4.21. The molecule has 0 spiro atoms. The molecule has 1 rings (SSSR count). The van der Waals surface area contributed by atoms with Crippen LogP contribution in [-0.2, 0) is 18.3 Å². The quantitative estimate of drug-likeness (QED) is 0.762. The third-order valence-corrected chi connectivity index (χ3v) is 2.55. The summed E-state index contributed by atoms with van der Waals surface area (Å²) >= 11 is 3.44. The van der Waals surface area contributed by atoms with E-state index in [1.165, 1.54) is 0 Å². The maximum atomic E-state index is 4.21. The predicted octanol–water partition coefficient (Wildman–Crippen LogP) is 2.78. The molecule has 4 heteroatoms. The lowest BCUT2D eigenvalue weighted by Crippen LogP contribution is -2.11. The van der Waals surface area contributed by atoms with E-state index < -0.39 is 0 Å². The number of alkyl halides is 1. The molecule has 0 atom stereocenters. The molecular formula is C10H18BrN3. The van der Waals surface area contributed by atoms with Crippen molar-refractivity contribution in [2.45, 2.75) is 45.5 Å². The lowest BCUT2D eigenvalue weighted by Gasteiger charge is -2.11. The summed E-state index contributed by atoms with van der Waals surface area (Å²) in [6.45, 7) is 7.62. The van der Waals surface area contributed by atoms with Crippen LogP contribution in [0.3, 0.4) is 0 Å². The Morgan fingerprint density at radius 3 is 2.43 bits per heavy atom. The van der Waals surface area contributed by atoms with E-state index in [4.69, 9.17) is 0 Å². The minimum Gasteiger partial charge on any atom is -0.314 e. The molecule has 0 aliphatic heterocycles. The third-order valence-electron chi connectivity index (χ3n) is 2.04. The van der Waals surface area contributed by atoms with E-state index in [9.17, 15) is 0 Å². The Labute approximate surface area is 94.0 Å². The number of nitrogens with zero attached hydrogens (tertiary/aromatic N) is 3. The average molecular weight is 260 g/mol. The molecule has 0 amide bonds. The summed E-state index contributed by atoms with van der Waals surface area (Å²) in [5.41, 5.74) is 0. The number of rotatable bonds is 5. The molecule has 1 aromatic heterocycles. The molecule has 0 N–H and O–H groups in total. The number of aromatic nitrogens is 3. The first-order chi connectivity index (χ1) is 6.69. The molecule has 0 fully saturated rings. The van der Waals surface area contributed by atoms with E-state index >= 15 is 0 Å². The van der Waals surface area contributed by atoms with Crippen LogP contribution in [0, 0.1) is 5.92 Å². The maximum Gasteiger partial charge on any atom is 0.143 e. The standard InChI is InChI=1S/C10H18BrN3/c1-4-5-9-12-13-10(6-11)14(9)7-8(2)3/h8H,4-7H2,1-3H3. The van der Waals surface area contributed by atoms with E-state index in [-0.39, 0.29) is 0 Å². The van der Waals surface area contributed by atoms with Crippen molar-refractivity contribution in [2.24, 2.45) is 5.92 Å². The molecule has 14 heavy (non-hydrogen) atoms. The number of hydrogen-bond donors (Lipinski definition) is 0. The van der Waals surface area contributed by atoms with Gasteiger partial charge in [0.25, 0.3) is 0 Å². The first-order valence-electron chi connectivity index (χ1n) is 5.16. The molecule has 0 saturated carbocycles. The molecular weight excluding hydrogens is 242 g/mol. The molecule has 0 bridgehead atoms. The van der Waals surface area contributed by atoms with E-state index in [1.807, 2.05) is 0 Å². The molecule has 0 aromatic carbocycles. The normalized spacial score (nSPS) is 11.2. The van der Waals surface area contributed by atoms with Crippen molar-refractivity contribution in [3.05, 3.63) is 11.6 Å². The highest BCUT2D eigenvalue weighted by atomic mass is 79.9. The Kier molecular flexibility index (Phi) is 4.58. The minimum absolute atomic E-state index is 0.638. The Balaban J connectivity index is 2.87. The molecule has 1 aromatic rings. The summed E-state index contributed by atoms with van der Waals surface area (Å²) in [6.07, 6.45) is 2.14. The topological polar surface area (TPSA) is 30.7 Å². The summed E-state index contributed by atoms with van der Waals surface area (Å²) in [5, 5.41) is 9.17. The van der Waals surface area contributed by atoms with E-state index in [0.717, 1.165) is 36.4 Å². The Morgan fingerprint density at radius 2 is 1.93 bits per heavy atom. The molecule has 1 heterocycles. The largest absolute Gasteiger partial charge is 0.314 e. The molecule has 80 valence electrons. The van der Waals surface area contributed by atoms with Crippen molar-refractivity contribution in [1.29, 1.82) is 0 Å². The monoisotopic (exact) mass is 259 g/mol. The van der Waals surface area contributed by atoms with Gasteiger partial charge in [0, 0.05) is 13.0 Å². The van der Waals surface area contributed by atoms with Gasteiger partial charge in [-0.3, -0.25) is 0 Å². The van der Waals surface area contributed by atoms with Crippen molar-refractivity contribution in [2.75, 3.05) is 0 Å². The highest BCUT2D eigenvalue weighted by molar-refractivity contribution is 9.08. The lowest BCUT2D eigenvalue weighted by atomic mass is 10.2. The zero-order valence-corrected chi connectivity index (χ0v) is 10.7. The van der Waals surface area contributed by atoms with Gasteiger partial charge in [-0.05, 0) is 12.3 Å². The number of aryl methyl sites for hydroxylation is 1.